The molecule has 680 valence electrons. The largest absolute Gasteiger partial charge is 0.422 e. The summed E-state index contributed by atoms with van der Waals surface area (Å²) in [6.07, 6.45) is 21.6. The normalized spacial score (nSPS) is 11.3. The van der Waals surface area contributed by atoms with Crippen LogP contribution in [0.25, 0.3) is 112 Å². The van der Waals surface area contributed by atoms with E-state index in [-0.39, 0.29) is 112 Å². The van der Waals surface area contributed by atoms with Gasteiger partial charge in [0.25, 0.3) is 11.4 Å². The fourth-order valence-electron chi connectivity index (χ4n) is 13.2. The van der Waals surface area contributed by atoms with Crippen molar-refractivity contribution in [1.82, 2.24) is 116 Å². The van der Waals surface area contributed by atoms with Crippen LogP contribution in [0, 0.1) is 0 Å². The van der Waals surface area contributed by atoms with Crippen LogP contribution < -0.4 is 57.6 Å². The van der Waals surface area contributed by atoms with E-state index >= 15 is 0 Å². The van der Waals surface area contributed by atoms with E-state index in [0.717, 1.165) is 22.1 Å². The van der Waals surface area contributed by atoms with Gasteiger partial charge in [-0.2, -0.15) is 20.4 Å². The van der Waals surface area contributed by atoms with Crippen LogP contribution in [-0.2, 0) is 0 Å². The molecule has 0 aliphatic rings. The van der Waals surface area contributed by atoms with E-state index < -0.39 is 5.76 Å². The minimum atomic E-state index is -0.406. The Kier molecular flexibility index (Phi) is 30.4. The summed E-state index contributed by atoms with van der Waals surface area (Å²) in [4.78, 5) is 145. The maximum absolute atomic E-state index is 11.4. The first-order valence-electron chi connectivity index (χ1n) is 41.0. The quantitative estimate of drug-likeness (QED) is 0.123. The van der Waals surface area contributed by atoms with Gasteiger partial charge in [0.05, 0.1) is 54.4 Å². The van der Waals surface area contributed by atoms with Crippen molar-refractivity contribution in [3.05, 3.63) is 265 Å². The number of fused-ring (bicyclic) bond motifs is 10. The van der Waals surface area contributed by atoms with E-state index in [4.69, 9.17) is 44.2 Å². The molecular weight excluding hydrogens is 1690 g/mol. The van der Waals surface area contributed by atoms with Crippen LogP contribution in [0.5, 0.6) is 0 Å². The Balaban J connectivity index is 0.000000140. The second-order valence-corrected chi connectivity index (χ2v) is 31.2. The number of hydrogen-bond donors (Lipinski definition) is 0. The summed E-state index contributed by atoms with van der Waals surface area (Å²) in [7, 11) is 0. The number of pyridine rings is 4. The fraction of sp³-hybridized carbons (Fsp3) is 0.349. The highest BCUT2D eigenvalue weighted by atomic mass is 16.4. The minimum absolute atomic E-state index is 0.0328. The van der Waals surface area contributed by atoms with E-state index in [1.165, 1.54) is 68.0 Å². The van der Waals surface area contributed by atoms with E-state index in [2.05, 4.69) is 70.5 Å². The molecule has 20 aromatic rings. The lowest BCUT2D eigenvalue weighted by Gasteiger charge is -2.03. The average molecular weight is 1790 g/mol. The predicted molar refractivity (Wildman–Crippen MR) is 478 cm³/mol. The highest BCUT2D eigenvalue weighted by Gasteiger charge is 2.21. The third kappa shape index (κ3) is 21.4. The third-order valence-electron chi connectivity index (χ3n) is 18.7. The van der Waals surface area contributed by atoms with Gasteiger partial charge in [0.15, 0.2) is 50.4 Å². The van der Waals surface area contributed by atoms with Crippen molar-refractivity contribution in [3.63, 3.8) is 0 Å². The van der Waals surface area contributed by atoms with Crippen LogP contribution >= 0.6 is 0 Å². The van der Waals surface area contributed by atoms with Crippen LogP contribution in [-0.4, -0.2) is 116 Å². The molecule has 0 aliphatic heterocycles. The Bertz CT molecular complexity index is 6350. The average Bonchev–Trinajstić information content (AvgIpc) is 1.74. The van der Waals surface area contributed by atoms with Crippen molar-refractivity contribution in [1.29, 1.82) is 0 Å². The Labute approximate surface area is 733 Å². The summed E-state index contributed by atoms with van der Waals surface area (Å²) < 4.78 is 65.2. The maximum atomic E-state index is 11.4. The minimum Gasteiger partial charge on any atom is -0.408 e. The lowest BCUT2D eigenvalue weighted by Crippen LogP contribution is -2.16. The number of hydrogen-bond acceptors (Lipinski definition) is 34. The van der Waals surface area contributed by atoms with Crippen LogP contribution in [0.3, 0.4) is 0 Å². The van der Waals surface area contributed by atoms with E-state index in [0.29, 0.717) is 89.8 Å². The molecule has 0 spiro atoms. The topological polar surface area (TPSA) is 532 Å². The molecule has 0 radical (unpaired) electrons. The fourth-order valence-corrected chi connectivity index (χ4v) is 13.2. The lowest BCUT2D eigenvalue weighted by molar-refractivity contribution is 0.472. The number of benzene rings is 1. The first-order chi connectivity index (χ1) is 62.0. The first kappa shape index (κ1) is 94.6. The molecule has 0 amide bonds. The molecule has 44 heteroatoms. The molecule has 19 aromatic heterocycles. The molecule has 130 heavy (non-hydrogen) atoms. The number of oxazole rings is 10. The Morgan fingerprint density at radius 2 is 0.538 bits per heavy atom. The van der Waals surface area contributed by atoms with Crippen molar-refractivity contribution < 1.29 is 44.2 Å². The number of aromatic nitrogens is 24. The molecule has 0 fully saturated rings. The van der Waals surface area contributed by atoms with Crippen molar-refractivity contribution in [2.45, 2.75) is 199 Å². The van der Waals surface area contributed by atoms with Gasteiger partial charge in [-0.15, -0.1) is 10.2 Å². The molecule has 1 aromatic carbocycles. The van der Waals surface area contributed by atoms with Crippen LogP contribution in [0.4, 0.5) is 0 Å². The van der Waals surface area contributed by atoms with Crippen molar-refractivity contribution in [2.75, 3.05) is 0 Å². The van der Waals surface area contributed by atoms with Gasteiger partial charge in [-0.05, 0) is 187 Å². The van der Waals surface area contributed by atoms with Gasteiger partial charge in [-0.3, -0.25) is 55.6 Å². The molecule has 0 saturated carbocycles. The van der Waals surface area contributed by atoms with Gasteiger partial charge in [0, 0.05) is 110 Å². The molecule has 44 nitrogen and oxygen atoms in total. The van der Waals surface area contributed by atoms with Gasteiger partial charge in [0.2, 0.25) is 17.0 Å². The van der Waals surface area contributed by atoms with E-state index in [1.54, 1.807) is 113 Å². The zero-order valence-electron chi connectivity index (χ0n) is 74.7. The summed E-state index contributed by atoms with van der Waals surface area (Å²) in [6.45, 7) is 38.4. The Hall–Kier alpha value is -16.1. The van der Waals surface area contributed by atoms with Gasteiger partial charge in [0.1, 0.15) is 28.4 Å². The molecule has 0 atom stereocenters. The SMILES string of the molecule is CC(C)n1c(=O)oc2ccccc21.CC(C)n1c(=O)oc2cccnc21.CC(C)n1c(=O)oc2ccncc21.CC(C)n1c(=O)oc2ccnnc21.CC(C)n1c(=O)oc2cnccc21.CC(C)n1c(=O)oc2cncnc21.CC(C)n1c(=O)oc2cnncc21.CC(C)n1c(=O)oc2ncccc21.CC(C)n1c(=O)oc2nccnc21.CC(C)n1c(=O)oc2nnccc21. The van der Waals surface area contributed by atoms with Crippen molar-refractivity contribution in [3.8, 4) is 0 Å². The maximum Gasteiger partial charge on any atom is 0.422 e. The standard InChI is InChI=1S/C10H11NO2.4C9H10N2O2.5C8H9N3O2/c1-7(2)11-8-5-3-4-6-9(8)13-10(11)12;1-6(2)11-7-5-10-4-3-8(7)13-9(11)12;1-6(2)11-7-3-4-10-5-8(7)13-9(11)12;1-6(2)11-8-7(13-9(11)12)4-3-5-10-8;1-6(2)11-7-4-3-5-10-8(7)13-9(11)12;1-5(2)11-7-6(13-8(11)12)3-9-4-10-7;1-5(2)11-6-3-9-10-4-7(6)13-8(11)12;1-5(2)11-6-7(13-8(11)12)10-4-3-9-6;1-5(2)11-7-6(13-8(11)12)3-4-9-10-7;1-5(2)11-6-3-4-9-10-7(6)13-8(11)12/h3-7H,1-2H3;4*3-6H,1-2H3;5*3-5H,1-2H3. The van der Waals surface area contributed by atoms with Gasteiger partial charge in [-0.1, -0.05) is 12.1 Å². The number of para-hydroxylation sites is 2. The highest BCUT2D eigenvalue weighted by Crippen LogP contribution is 2.22. The molecule has 0 unspecified atom stereocenters. The third-order valence-corrected chi connectivity index (χ3v) is 18.7. The number of rotatable bonds is 10. The lowest BCUT2D eigenvalue weighted by atomic mass is 10.3. The van der Waals surface area contributed by atoms with E-state index in [1.807, 2.05) is 163 Å². The monoisotopic (exact) mass is 1780 g/mol. The first-order valence-corrected chi connectivity index (χ1v) is 41.0. The van der Waals surface area contributed by atoms with Gasteiger partial charge >= 0.3 is 57.6 Å². The summed E-state index contributed by atoms with van der Waals surface area (Å²) in [5.74, 6) is -3.53. The predicted octanol–water partition coefficient (Wildman–Crippen LogP) is 13.3. The smallest absolute Gasteiger partial charge is 0.408 e. The van der Waals surface area contributed by atoms with Gasteiger partial charge < -0.3 is 44.2 Å². The van der Waals surface area contributed by atoms with E-state index in [9.17, 15) is 47.9 Å². The summed E-state index contributed by atoms with van der Waals surface area (Å²) in [5.41, 5.74) is 11.4. The second-order valence-electron chi connectivity index (χ2n) is 31.2. The summed E-state index contributed by atoms with van der Waals surface area (Å²) in [6, 6.07) is 22.1. The molecule has 0 aliphatic carbocycles. The highest BCUT2D eigenvalue weighted by molar-refractivity contribution is 5.75. The van der Waals surface area contributed by atoms with Gasteiger partial charge in [-0.25, -0.2) is 77.8 Å². The molecule has 19 heterocycles. The zero-order valence-corrected chi connectivity index (χ0v) is 74.7. The molecule has 0 bridgehead atoms. The van der Waals surface area contributed by atoms with Crippen LogP contribution in [0.1, 0.15) is 199 Å². The molecule has 0 saturated heterocycles. The Morgan fingerprint density at radius 3 is 1.13 bits per heavy atom. The Morgan fingerprint density at radius 1 is 0.208 bits per heavy atom. The summed E-state index contributed by atoms with van der Waals surface area (Å²) >= 11 is 0. The van der Waals surface area contributed by atoms with Crippen molar-refractivity contribution in [2.24, 2.45) is 0 Å². The second kappa shape index (κ2) is 41.8. The molecule has 0 N–H and O–H groups in total. The summed E-state index contributed by atoms with van der Waals surface area (Å²) in [5, 5.41) is 22.2. The van der Waals surface area contributed by atoms with Crippen molar-refractivity contribution >= 4 is 112 Å². The molecular formula is C86H96N24O20. The van der Waals surface area contributed by atoms with Crippen LogP contribution in [0.15, 0.2) is 252 Å². The molecule has 20 rings (SSSR count). The zero-order chi connectivity index (χ0) is 94.2. The van der Waals surface area contributed by atoms with Crippen LogP contribution in [0.2, 0.25) is 0 Å². The number of nitrogens with zero attached hydrogens (tertiary/aromatic N) is 24.